The van der Waals surface area contributed by atoms with Crippen molar-refractivity contribution in [3.05, 3.63) is 22.4 Å². The van der Waals surface area contributed by atoms with Gasteiger partial charge < -0.3 is 15.3 Å². The normalized spacial score (nSPS) is 19.6. The van der Waals surface area contributed by atoms with Gasteiger partial charge in [0.1, 0.15) is 12.1 Å². The molecule has 0 aromatic carbocycles. The molecule has 6 nitrogen and oxygen atoms in total. The summed E-state index contributed by atoms with van der Waals surface area (Å²) in [6.45, 7) is 1.93. The van der Waals surface area contributed by atoms with Crippen molar-refractivity contribution in [2.75, 3.05) is 6.54 Å². The van der Waals surface area contributed by atoms with Gasteiger partial charge in [-0.05, 0) is 31.2 Å². The Kier molecular flexibility index (Phi) is 4.39. The molecule has 1 aromatic rings. The number of hydrogen-bond acceptors (Lipinski definition) is 4. The predicted molar refractivity (Wildman–Crippen MR) is 73.6 cm³/mol. The largest absolute Gasteiger partial charge is 0.480 e. The number of carboxylic acids is 1. The summed E-state index contributed by atoms with van der Waals surface area (Å²) in [5, 5.41) is 13.0. The highest BCUT2D eigenvalue weighted by atomic mass is 32.1. The van der Waals surface area contributed by atoms with Gasteiger partial charge in [-0.25, -0.2) is 0 Å². The maximum atomic E-state index is 12.3. The zero-order valence-electron chi connectivity index (χ0n) is 11.0. The first-order chi connectivity index (χ1) is 9.50. The summed E-state index contributed by atoms with van der Waals surface area (Å²) in [6, 6.07) is 1.98. The van der Waals surface area contributed by atoms with E-state index in [9.17, 15) is 14.4 Å². The lowest BCUT2D eigenvalue weighted by atomic mass is 10.2. The molecule has 0 radical (unpaired) electrons. The van der Waals surface area contributed by atoms with Crippen LogP contribution in [0.5, 0.6) is 0 Å². The number of amides is 2. The van der Waals surface area contributed by atoms with E-state index in [0.29, 0.717) is 17.8 Å². The van der Waals surface area contributed by atoms with Gasteiger partial charge in [-0.2, -0.15) is 0 Å². The minimum atomic E-state index is -1.09. The van der Waals surface area contributed by atoms with Crippen LogP contribution in [0.25, 0.3) is 0 Å². The van der Waals surface area contributed by atoms with E-state index in [0.717, 1.165) is 6.42 Å². The molecule has 0 bridgehead atoms. The monoisotopic (exact) mass is 296 g/mol. The van der Waals surface area contributed by atoms with Crippen LogP contribution in [0.4, 0.5) is 0 Å². The average molecular weight is 296 g/mol. The molecule has 1 fully saturated rings. The molecule has 0 aliphatic carbocycles. The summed E-state index contributed by atoms with van der Waals surface area (Å²) < 4.78 is 0. The van der Waals surface area contributed by atoms with Crippen molar-refractivity contribution >= 4 is 29.1 Å². The fraction of sp³-hybridized carbons (Fsp3) is 0.462. The number of nitrogens with one attached hydrogen (secondary N) is 1. The average Bonchev–Trinajstić information content (AvgIpc) is 3.08. The van der Waals surface area contributed by atoms with Crippen LogP contribution < -0.4 is 5.32 Å². The number of rotatable bonds is 4. The van der Waals surface area contributed by atoms with E-state index in [1.165, 1.54) is 23.2 Å². The second-order valence-corrected chi connectivity index (χ2v) is 5.65. The van der Waals surface area contributed by atoms with Crippen LogP contribution in [0.3, 0.4) is 0 Å². The van der Waals surface area contributed by atoms with Crippen LogP contribution in [0.2, 0.25) is 0 Å². The molecule has 2 amide bonds. The lowest BCUT2D eigenvalue weighted by Gasteiger charge is -2.24. The van der Waals surface area contributed by atoms with Crippen LogP contribution in [0.15, 0.2) is 17.5 Å². The van der Waals surface area contributed by atoms with Crippen molar-refractivity contribution < 1.29 is 19.5 Å². The number of nitrogens with zero attached hydrogens (tertiary/aromatic N) is 1. The zero-order valence-corrected chi connectivity index (χ0v) is 11.9. The molecule has 7 heteroatoms. The fourth-order valence-corrected chi connectivity index (χ4v) is 2.87. The van der Waals surface area contributed by atoms with E-state index >= 15 is 0 Å². The van der Waals surface area contributed by atoms with Crippen molar-refractivity contribution in [1.82, 2.24) is 10.2 Å². The molecule has 1 aliphatic rings. The fourth-order valence-electron chi connectivity index (χ4n) is 2.20. The highest BCUT2D eigenvalue weighted by Gasteiger charge is 2.35. The molecule has 2 atom stereocenters. The molecule has 1 aromatic heterocycles. The molecule has 0 saturated carbocycles. The van der Waals surface area contributed by atoms with Crippen LogP contribution in [-0.2, 0) is 9.59 Å². The standard InChI is InChI=1S/C13H16N2O4S/c1-8(13(18)19)14-11(16)9-4-2-6-15(9)12(17)10-5-3-7-20-10/h3,5,7-9H,2,4,6H2,1H3,(H,14,16)(H,18,19)/t8-,9+/m1/s1. The van der Waals surface area contributed by atoms with Gasteiger partial charge in [0.05, 0.1) is 4.88 Å². The Hall–Kier alpha value is -1.89. The third-order valence-electron chi connectivity index (χ3n) is 3.28. The molecular formula is C13H16N2O4S. The third-order valence-corrected chi connectivity index (χ3v) is 4.14. The molecule has 2 heterocycles. The van der Waals surface area contributed by atoms with E-state index in [1.807, 2.05) is 5.38 Å². The van der Waals surface area contributed by atoms with Gasteiger partial charge in [-0.3, -0.25) is 14.4 Å². The maximum absolute atomic E-state index is 12.3. The van der Waals surface area contributed by atoms with Gasteiger partial charge in [-0.1, -0.05) is 6.07 Å². The van der Waals surface area contributed by atoms with Crippen molar-refractivity contribution in [3.63, 3.8) is 0 Å². The minimum absolute atomic E-state index is 0.166. The molecule has 2 N–H and O–H groups in total. The molecule has 108 valence electrons. The van der Waals surface area contributed by atoms with Gasteiger partial charge in [0.25, 0.3) is 5.91 Å². The van der Waals surface area contributed by atoms with E-state index in [2.05, 4.69) is 5.32 Å². The Labute approximate surface area is 120 Å². The molecule has 0 unspecified atom stereocenters. The van der Waals surface area contributed by atoms with Crippen molar-refractivity contribution in [2.24, 2.45) is 0 Å². The van der Waals surface area contributed by atoms with E-state index in [1.54, 1.807) is 12.1 Å². The van der Waals surface area contributed by atoms with Crippen LogP contribution in [-0.4, -0.2) is 46.4 Å². The van der Waals surface area contributed by atoms with Crippen molar-refractivity contribution in [1.29, 1.82) is 0 Å². The predicted octanol–water partition coefficient (Wildman–Crippen LogP) is 0.942. The van der Waals surface area contributed by atoms with Gasteiger partial charge in [0, 0.05) is 6.54 Å². The smallest absolute Gasteiger partial charge is 0.325 e. The Bertz CT molecular complexity index is 514. The quantitative estimate of drug-likeness (QED) is 0.866. The summed E-state index contributed by atoms with van der Waals surface area (Å²) in [7, 11) is 0. The lowest BCUT2D eigenvalue weighted by Crippen LogP contribution is -2.49. The lowest BCUT2D eigenvalue weighted by molar-refractivity contribution is -0.141. The summed E-state index contributed by atoms with van der Waals surface area (Å²) in [6.07, 6.45) is 1.31. The minimum Gasteiger partial charge on any atom is -0.480 e. The summed E-state index contributed by atoms with van der Waals surface area (Å²) in [5.74, 6) is -1.66. The van der Waals surface area contributed by atoms with Gasteiger partial charge >= 0.3 is 5.97 Å². The van der Waals surface area contributed by atoms with Crippen LogP contribution in [0, 0.1) is 0 Å². The number of aliphatic carboxylic acids is 1. The topological polar surface area (TPSA) is 86.7 Å². The Balaban J connectivity index is 2.05. The summed E-state index contributed by atoms with van der Waals surface area (Å²) in [5.41, 5.74) is 0. The highest BCUT2D eigenvalue weighted by Crippen LogP contribution is 2.22. The number of carbonyl (C=O) groups is 3. The Morgan fingerprint density at radius 3 is 2.85 bits per heavy atom. The number of carboxylic acid groups (broad SMARTS) is 1. The maximum Gasteiger partial charge on any atom is 0.325 e. The second-order valence-electron chi connectivity index (χ2n) is 4.70. The van der Waals surface area contributed by atoms with Crippen LogP contribution in [0.1, 0.15) is 29.4 Å². The molecule has 20 heavy (non-hydrogen) atoms. The first-order valence-corrected chi connectivity index (χ1v) is 7.26. The van der Waals surface area contributed by atoms with Gasteiger partial charge in [0.15, 0.2) is 0 Å². The summed E-state index contributed by atoms with van der Waals surface area (Å²) >= 11 is 1.33. The molecular weight excluding hydrogens is 280 g/mol. The zero-order chi connectivity index (χ0) is 14.7. The molecule has 0 spiro atoms. The highest BCUT2D eigenvalue weighted by molar-refractivity contribution is 7.12. The van der Waals surface area contributed by atoms with E-state index in [4.69, 9.17) is 5.11 Å². The Morgan fingerprint density at radius 2 is 2.25 bits per heavy atom. The van der Waals surface area contributed by atoms with Gasteiger partial charge in [-0.15, -0.1) is 11.3 Å². The molecule has 2 rings (SSSR count). The SMILES string of the molecule is C[C@@H](NC(=O)[C@@H]1CCCN1C(=O)c1cccs1)C(=O)O. The third kappa shape index (κ3) is 2.98. The number of likely N-dealkylation sites (tertiary alicyclic amines) is 1. The molecule has 1 saturated heterocycles. The second kappa shape index (κ2) is 6.04. The van der Waals surface area contributed by atoms with E-state index < -0.39 is 24.0 Å². The van der Waals surface area contributed by atoms with Crippen molar-refractivity contribution in [2.45, 2.75) is 31.8 Å². The first-order valence-electron chi connectivity index (χ1n) is 6.38. The first kappa shape index (κ1) is 14.5. The van der Waals surface area contributed by atoms with Crippen molar-refractivity contribution in [3.8, 4) is 0 Å². The summed E-state index contributed by atoms with van der Waals surface area (Å²) in [4.78, 5) is 37.2. The number of carbonyl (C=O) groups excluding carboxylic acids is 2. The molecule has 1 aliphatic heterocycles. The van der Waals surface area contributed by atoms with Gasteiger partial charge in [0.2, 0.25) is 5.91 Å². The number of thiophene rings is 1. The van der Waals surface area contributed by atoms with Crippen LogP contribution >= 0.6 is 11.3 Å². The number of hydrogen-bond donors (Lipinski definition) is 2. The van der Waals surface area contributed by atoms with E-state index in [-0.39, 0.29) is 5.91 Å². The Morgan fingerprint density at radius 1 is 1.50 bits per heavy atom.